The Morgan fingerprint density at radius 1 is 0.705 bits per heavy atom. The maximum Gasteiger partial charge on any atom is 0.472 e. The number of ether oxygens (including phenoxy) is 2. The van der Waals surface area contributed by atoms with Crippen molar-refractivity contribution in [2.75, 3.05) is 33.0 Å². The van der Waals surface area contributed by atoms with Crippen LogP contribution in [0.2, 0.25) is 0 Å². The van der Waals surface area contributed by atoms with Crippen LogP contribution in [0.4, 0.5) is 0 Å². The molecule has 0 saturated carbocycles. The number of hydrogen-bond donors (Lipinski definition) is 2. The highest BCUT2D eigenvalue weighted by atomic mass is 31.2. The first-order valence-corrected chi connectivity index (χ1v) is 18.3. The van der Waals surface area contributed by atoms with Crippen molar-refractivity contribution >= 4 is 13.8 Å². The number of phosphoric ester groups is 1. The SMILES string of the molecule is CC/C=C\C/C=C\C/C=C\C/C=C\C/C=C\CCOCC(COP(=O)(O)OCCN)OC(=O)CCCCCCCCCCC. The largest absolute Gasteiger partial charge is 0.472 e. The molecule has 0 aliphatic carbocycles. The standard InChI is InChI=1S/C35H62NO7P/c1-3-5-7-9-11-13-14-15-16-17-18-19-21-23-25-27-30-40-32-34(33-42-44(38,39)41-31-29-36)43-35(37)28-26-24-22-20-12-10-8-6-4-2/h5,7,11,13,15-16,18-19,23,25,34H,3-4,6,8-10,12,14,17,20-22,24,26-33,36H2,1-2H3,(H,38,39)/b7-5-,13-11-,16-15-,19-18-,25-23-. The van der Waals surface area contributed by atoms with E-state index < -0.39 is 13.9 Å². The molecule has 2 atom stereocenters. The molecule has 0 saturated heterocycles. The predicted molar refractivity (Wildman–Crippen MR) is 182 cm³/mol. The summed E-state index contributed by atoms with van der Waals surface area (Å²) in [5.74, 6) is -0.362. The van der Waals surface area contributed by atoms with Crippen molar-refractivity contribution in [3.8, 4) is 0 Å². The van der Waals surface area contributed by atoms with Crippen LogP contribution >= 0.6 is 7.82 Å². The van der Waals surface area contributed by atoms with E-state index in [9.17, 15) is 14.3 Å². The second-order valence-corrected chi connectivity index (χ2v) is 12.1. The Hall–Kier alpha value is -1.80. The van der Waals surface area contributed by atoms with E-state index in [1.165, 1.54) is 38.5 Å². The Morgan fingerprint density at radius 3 is 1.77 bits per heavy atom. The van der Waals surface area contributed by atoms with Gasteiger partial charge in [0.1, 0.15) is 6.10 Å². The zero-order valence-corrected chi connectivity index (χ0v) is 28.5. The van der Waals surface area contributed by atoms with Gasteiger partial charge in [-0.3, -0.25) is 13.8 Å². The third-order valence-corrected chi connectivity index (χ3v) is 7.45. The van der Waals surface area contributed by atoms with E-state index in [0.717, 1.165) is 51.4 Å². The lowest BCUT2D eigenvalue weighted by Crippen LogP contribution is -2.28. The predicted octanol–water partition coefficient (Wildman–Crippen LogP) is 9.07. The maximum absolute atomic E-state index is 12.4. The maximum atomic E-state index is 12.4. The molecule has 0 aliphatic heterocycles. The van der Waals surface area contributed by atoms with Gasteiger partial charge in [0, 0.05) is 13.0 Å². The van der Waals surface area contributed by atoms with Crippen LogP contribution in [0, 0.1) is 0 Å². The van der Waals surface area contributed by atoms with Crippen LogP contribution in [0.25, 0.3) is 0 Å². The van der Waals surface area contributed by atoms with Crippen LogP contribution in [0.1, 0.15) is 117 Å². The highest BCUT2D eigenvalue weighted by Crippen LogP contribution is 2.43. The Morgan fingerprint density at radius 2 is 1.23 bits per heavy atom. The van der Waals surface area contributed by atoms with E-state index in [1.807, 2.05) is 6.08 Å². The number of carbonyl (C=O) groups is 1. The van der Waals surface area contributed by atoms with Gasteiger partial charge in [0.25, 0.3) is 0 Å². The summed E-state index contributed by atoms with van der Waals surface area (Å²) in [5.41, 5.74) is 5.32. The van der Waals surface area contributed by atoms with Gasteiger partial charge in [-0.15, -0.1) is 0 Å². The molecule has 9 heteroatoms. The fourth-order valence-electron chi connectivity index (χ4n) is 4.06. The van der Waals surface area contributed by atoms with E-state index in [-0.39, 0.29) is 32.3 Å². The average Bonchev–Trinajstić information content (AvgIpc) is 3.01. The van der Waals surface area contributed by atoms with Gasteiger partial charge in [-0.25, -0.2) is 4.57 Å². The second-order valence-electron chi connectivity index (χ2n) is 10.6. The van der Waals surface area contributed by atoms with Crippen LogP contribution in [0.15, 0.2) is 60.8 Å². The molecule has 0 fully saturated rings. The molecule has 254 valence electrons. The van der Waals surface area contributed by atoms with Crippen LogP contribution in [0.5, 0.6) is 0 Å². The number of nitrogens with two attached hydrogens (primary N) is 1. The van der Waals surface area contributed by atoms with E-state index in [1.54, 1.807) is 0 Å². The minimum absolute atomic E-state index is 0.0606. The third kappa shape index (κ3) is 31.6. The number of rotatable bonds is 31. The average molecular weight is 640 g/mol. The monoisotopic (exact) mass is 639 g/mol. The number of allylic oxidation sites excluding steroid dienone is 9. The van der Waals surface area contributed by atoms with Gasteiger partial charge in [0.15, 0.2) is 0 Å². The zero-order valence-electron chi connectivity index (χ0n) is 27.6. The second kappa shape index (κ2) is 32.6. The molecule has 0 aromatic heterocycles. The zero-order chi connectivity index (χ0) is 32.4. The van der Waals surface area contributed by atoms with Crippen LogP contribution in [0.3, 0.4) is 0 Å². The Labute approximate surface area is 268 Å². The summed E-state index contributed by atoms with van der Waals surface area (Å²) in [6.45, 7) is 4.52. The lowest BCUT2D eigenvalue weighted by Gasteiger charge is -2.19. The highest BCUT2D eigenvalue weighted by Gasteiger charge is 2.25. The Bertz CT molecular complexity index is 854. The van der Waals surface area contributed by atoms with E-state index in [0.29, 0.717) is 19.4 Å². The molecule has 0 bridgehead atoms. The molecule has 0 rings (SSSR count). The van der Waals surface area contributed by atoms with Gasteiger partial charge in [0.2, 0.25) is 0 Å². The smallest absolute Gasteiger partial charge is 0.457 e. The van der Waals surface area contributed by atoms with Gasteiger partial charge >= 0.3 is 13.8 Å². The summed E-state index contributed by atoms with van der Waals surface area (Å²) in [5, 5.41) is 0. The minimum Gasteiger partial charge on any atom is -0.457 e. The summed E-state index contributed by atoms with van der Waals surface area (Å²) < 4.78 is 33.0. The van der Waals surface area contributed by atoms with Crippen molar-refractivity contribution in [1.29, 1.82) is 0 Å². The first-order valence-electron chi connectivity index (χ1n) is 16.8. The van der Waals surface area contributed by atoms with E-state index >= 15 is 0 Å². The lowest BCUT2D eigenvalue weighted by atomic mass is 10.1. The molecular weight excluding hydrogens is 577 g/mol. The molecule has 0 radical (unpaired) electrons. The fraction of sp³-hybridized carbons (Fsp3) is 0.686. The Balaban J connectivity index is 4.28. The van der Waals surface area contributed by atoms with E-state index in [4.69, 9.17) is 24.3 Å². The first kappa shape index (κ1) is 42.2. The number of carbonyl (C=O) groups excluding carboxylic acids is 1. The summed E-state index contributed by atoms with van der Waals surface area (Å²) in [6, 6.07) is 0. The van der Waals surface area contributed by atoms with Gasteiger partial charge in [0.05, 0.1) is 26.4 Å². The van der Waals surface area contributed by atoms with Crippen molar-refractivity contribution in [2.45, 2.75) is 123 Å². The van der Waals surface area contributed by atoms with Gasteiger partial charge in [-0.05, 0) is 44.9 Å². The van der Waals surface area contributed by atoms with Crippen molar-refractivity contribution in [2.24, 2.45) is 5.73 Å². The molecule has 0 amide bonds. The molecular formula is C35H62NO7P. The summed E-state index contributed by atoms with van der Waals surface area (Å²) >= 11 is 0. The summed E-state index contributed by atoms with van der Waals surface area (Å²) in [6.07, 6.45) is 36.9. The topological polar surface area (TPSA) is 117 Å². The van der Waals surface area contributed by atoms with Gasteiger partial charge in [-0.1, -0.05) is 126 Å². The van der Waals surface area contributed by atoms with Crippen molar-refractivity contribution in [1.82, 2.24) is 0 Å². The number of esters is 1. The van der Waals surface area contributed by atoms with Crippen molar-refractivity contribution in [3.05, 3.63) is 60.8 Å². The van der Waals surface area contributed by atoms with Gasteiger partial charge in [-0.2, -0.15) is 0 Å². The molecule has 2 unspecified atom stereocenters. The highest BCUT2D eigenvalue weighted by molar-refractivity contribution is 7.47. The number of hydrogen-bond acceptors (Lipinski definition) is 7. The van der Waals surface area contributed by atoms with Crippen molar-refractivity contribution < 1.29 is 32.8 Å². The lowest BCUT2D eigenvalue weighted by molar-refractivity contribution is -0.154. The first-order chi connectivity index (χ1) is 21.4. The molecule has 0 aromatic carbocycles. The van der Waals surface area contributed by atoms with Crippen molar-refractivity contribution in [3.63, 3.8) is 0 Å². The van der Waals surface area contributed by atoms with Crippen LogP contribution in [-0.4, -0.2) is 49.9 Å². The third-order valence-electron chi connectivity index (χ3n) is 6.47. The van der Waals surface area contributed by atoms with Gasteiger partial charge < -0.3 is 20.1 Å². The van der Waals surface area contributed by atoms with Crippen LogP contribution < -0.4 is 5.73 Å². The summed E-state index contributed by atoms with van der Waals surface area (Å²) in [7, 11) is -4.28. The van der Waals surface area contributed by atoms with E-state index in [2.05, 4.69) is 68.5 Å². The quantitative estimate of drug-likeness (QED) is 0.0334. The molecule has 8 nitrogen and oxygen atoms in total. The number of phosphoric acid groups is 1. The molecule has 0 heterocycles. The normalized spacial score (nSPS) is 14.5. The molecule has 3 N–H and O–H groups in total. The minimum atomic E-state index is -4.28. The molecule has 0 aliphatic rings. The molecule has 0 spiro atoms. The Kier molecular flexibility index (Phi) is 31.3. The summed E-state index contributed by atoms with van der Waals surface area (Å²) in [4.78, 5) is 22.2. The molecule has 44 heavy (non-hydrogen) atoms. The number of unbranched alkanes of at least 4 members (excludes halogenated alkanes) is 8. The van der Waals surface area contributed by atoms with Crippen LogP contribution in [-0.2, 0) is 27.9 Å². The fourth-order valence-corrected chi connectivity index (χ4v) is 4.82. The molecule has 0 aromatic rings.